The van der Waals surface area contributed by atoms with Crippen molar-refractivity contribution in [3.05, 3.63) is 16.8 Å². The number of aliphatic hydroxyl groups excluding tert-OH is 1. The summed E-state index contributed by atoms with van der Waals surface area (Å²) in [5, 5.41) is 18.1. The Morgan fingerprint density at radius 3 is 2.62 bits per heavy atom. The predicted molar refractivity (Wildman–Crippen MR) is 128 cm³/mol. The number of ether oxygens (including phenoxy) is 1. The Labute approximate surface area is 194 Å². The van der Waals surface area contributed by atoms with Crippen LogP contribution in [0.2, 0.25) is 0 Å². The van der Waals surface area contributed by atoms with Gasteiger partial charge in [-0.2, -0.15) is 0 Å². The number of aryl methyl sites for hydroxylation is 1. The van der Waals surface area contributed by atoms with E-state index in [9.17, 15) is 9.90 Å². The number of thiophene rings is 1. The summed E-state index contributed by atoms with van der Waals surface area (Å²) in [6.07, 6.45) is 8.60. The minimum Gasteiger partial charge on any atom is -0.444 e. The Bertz CT molecular complexity index is 947. The lowest BCUT2D eigenvalue weighted by Crippen LogP contribution is -2.42. The summed E-state index contributed by atoms with van der Waals surface area (Å²) in [5.41, 5.74) is 0.883. The first-order valence-corrected chi connectivity index (χ1v) is 12.8. The fourth-order valence-corrected chi connectivity index (χ4v) is 6.20. The number of carbonyl (C=O) groups is 1. The lowest BCUT2D eigenvalue weighted by atomic mass is 9.90. The van der Waals surface area contributed by atoms with Gasteiger partial charge in [-0.15, -0.1) is 11.3 Å². The van der Waals surface area contributed by atoms with E-state index in [2.05, 4.69) is 20.6 Å². The average molecular weight is 461 g/mol. The lowest BCUT2D eigenvalue weighted by molar-refractivity contribution is 0.0492. The number of aromatic nitrogens is 2. The van der Waals surface area contributed by atoms with Crippen LogP contribution < -0.4 is 10.6 Å². The molecule has 2 aliphatic carbocycles. The van der Waals surface area contributed by atoms with E-state index in [1.807, 2.05) is 27.7 Å². The smallest absolute Gasteiger partial charge is 0.407 e. The van der Waals surface area contributed by atoms with E-state index in [-0.39, 0.29) is 18.2 Å². The topological polar surface area (TPSA) is 96.4 Å². The summed E-state index contributed by atoms with van der Waals surface area (Å²) in [4.78, 5) is 23.7. The highest BCUT2D eigenvalue weighted by molar-refractivity contribution is 7.19. The van der Waals surface area contributed by atoms with Crippen molar-refractivity contribution in [2.45, 2.75) is 109 Å². The number of amides is 1. The zero-order chi connectivity index (χ0) is 22.9. The highest BCUT2D eigenvalue weighted by Gasteiger charge is 2.32. The van der Waals surface area contributed by atoms with Gasteiger partial charge in [0, 0.05) is 17.0 Å². The van der Waals surface area contributed by atoms with E-state index in [0.29, 0.717) is 12.0 Å². The highest BCUT2D eigenvalue weighted by atomic mass is 32.1. The standard InChI is InChI=1S/C24H36N4O3S/c1-5-17(29)12-14-6-11-18-19(14)20-21(25-13-26-22(20)32-18)27-15-7-9-16(10-8-15)28-23(30)31-24(2,3)4/h13-17,29H,5-12H2,1-4H3,(H,28,30)(H,25,26,27)/t14-,15-,16-,17?/m1/s1. The minimum atomic E-state index is -0.479. The Morgan fingerprint density at radius 1 is 1.22 bits per heavy atom. The molecule has 0 spiro atoms. The van der Waals surface area contributed by atoms with Crippen molar-refractivity contribution in [2.75, 3.05) is 5.32 Å². The number of fused-ring (bicyclic) bond motifs is 3. The number of rotatable bonds is 6. The zero-order valence-electron chi connectivity index (χ0n) is 19.6. The Morgan fingerprint density at radius 2 is 1.94 bits per heavy atom. The summed E-state index contributed by atoms with van der Waals surface area (Å²) < 4.78 is 5.39. The number of hydrogen-bond acceptors (Lipinski definition) is 7. The molecule has 2 aromatic rings. The molecule has 176 valence electrons. The van der Waals surface area contributed by atoms with E-state index in [0.717, 1.165) is 67.4 Å². The van der Waals surface area contributed by atoms with Gasteiger partial charge in [-0.05, 0) is 83.6 Å². The molecule has 3 N–H and O–H groups in total. The van der Waals surface area contributed by atoms with Crippen molar-refractivity contribution in [1.82, 2.24) is 15.3 Å². The van der Waals surface area contributed by atoms with Gasteiger partial charge in [0.15, 0.2) is 0 Å². The third-order valence-electron chi connectivity index (χ3n) is 6.55. The molecule has 7 nitrogen and oxygen atoms in total. The van der Waals surface area contributed by atoms with Crippen LogP contribution >= 0.6 is 11.3 Å². The molecule has 8 heteroatoms. The van der Waals surface area contributed by atoms with E-state index in [4.69, 9.17) is 4.74 Å². The summed E-state index contributed by atoms with van der Waals surface area (Å²) in [5.74, 6) is 1.31. The van der Waals surface area contributed by atoms with Crippen LogP contribution in [0.25, 0.3) is 10.2 Å². The number of carbonyl (C=O) groups excluding carboxylic acids is 1. The molecule has 2 atom stereocenters. The molecule has 0 radical (unpaired) electrons. The van der Waals surface area contributed by atoms with E-state index in [1.165, 1.54) is 10.4 Å². The van der Waals surface area contributed by atoms with Crippen molar-refractivity contribution in [2.24, 2.45) is 0 Å². The molecule has 0 aromatic carbocycles. The molecule has 1 amide bonds. The first-order valence-electron chi connectivity index (χ1n) is 11.9. The van der Waals surface area contributed by atoms with E-state index >= 15 is 0 Å². The lowest BCUT2D eigenvalue weighted by Gasteiger charge is -2.31. The van der Waals surface area contributed by atoms with Gasteiger partial charge in [0.2, 0.25) is 0 Å². The molecule has 1 unspecified atom stereocenters. The molecule has 1 saturated carbocycles. The number of nitrogens with one attached hydrogen (secondary N) is 2. The molecule has 1 fully saturated rings. The first-order chi connectivity index (χ1) is 15.2. The van der Waals surface area contributed by atoms with Crippen molar-refractivity contribution < 1.29 is 14.6 Å². The second-order valence-electron chi connectivity index (χ2n) is 10.2. The van der Waals surface area contributed by atoms with Gasteiger partial charge in [0.05, 0.1) is 11.5 Å². The Hall–Kier alpha value is -1.93. The molecule has 2 heterocycles. The number of anilines is 1. The van der Waals surface area contributed by atoms with Crippen LogP contribution in [0.3, 0.4) is 0 Å². The summed E-state index contributed by atoms with van der Waals surface area (Å²) in [6, 6.07) is 0.472. The van der Waals surface area contributed by atoms with Crippen LogP contribution in [0.4, 0.5) is 10.6 Å². The average Bonchev–Trinajstić information content (AvgIpc) is 3.28. The van der Waals surface area contributed by atoms with Gasteiger partial charge in [-0.25, -0.2) is 14.8 Å². The van der Waals surface area contributed by atoms with Gasteiger partial charge in [0.1, 0.15) is 22.6 Å². The maximum Gasteiger partial charge on any atom is 0.407 e. The summed E-state index contributed by atoms with van der Waals surface area (Å²) >= 11 is 1.78. The molecular formula is C24H36N4O3S. The summed E-state index contributed by atoms with van der Waals surface area (Å²) in [6.45, 7) is 7.68. The second-order valence-corrected chi connectivity index (χ2v) is 11.3. The second kappa shape index (κ2) is 9.51. The van der Waals surface area contributed by atoms with Crippen molar-refractivity contribution >= 4 is 33.5 Å². The first kappa shape index (κ1) is 23.2. The zero-order valence-corrected chi connectivity index (χ0v) is 20.4. The molecule has 0 bridgehead atoms. The van der Waals surface area contributed by atoms with Gasteiger partial charge >= 0.3 is 6.09 Å². The quantitative estimate of drug-likeness (QED) is 0.553. The molecule has 32 heavy (non-hydrogen) atoms. The normalized spacial score (nSPS) is 24.2. The van der Waals surface area contributed by atoms with Gasteiger partial charge in [-0.1, -0.05) is 6.92 Å². The van der Waals surface area contributed by atoms with Crippen LogP contribution in [0, 0.1) is 0 Å². The van der Waals surface area contributed by atoms with E-state index in [1.54, 1.807) is 17.7 Å². The van der Waals surface area contributed by atoms with Crippen molar-refractivity contribution in [1.29, 1.82) is 0 Å². The van der Waals surface area contributed by atoms with Crippen molar-refractivity contribution in [3.63, 3.8) is 0 Å². The molecule has 4 rings (SSSR count). The number of nitrogens with zero attached hydrogens (tertiary/aromatic N) is 2. The Balaban J connectivity index is 1.42. The number of alkyl carbamates (subject to hydrolysis) is 1. The van der Waals surface area contributed by atoms with Gasteiger partial charge < -0.3 is 20.5 Å². The maximum atomic E-state index is 12.1. The SMILES string of the molecule is CCC(O)C[C@H]1CCc2sc3ncnc(N[C@H]4CC[C@H](NC(=O)OC(C)(C)C)CC4)c3c21. The largest absolute Gasteiger partial charge is 0.444 e. The summed E-state index contributed by atoms with van der Waals surface area (Å²) in [7, 11) is 0. The Kier molecular flexibility index (Phi) is 6.91. The number of hydrogen-bond donors (Lipinski definition) is 3. The highest BCUT2D eigenvalue weighted by Crippen LogP contribution is 2.47. The van der Waals surface area contributed by atoms with E-state index < -0.39 is 5.60 Å². The van der Waals surface area contributed by atoms with Gasteiger partial charge in [0.25, 0.3) is 0 Å². The molecule has 0 aliphatic heterocycles. The fraction of sp³-hybridized carbons (Fsp3) is 0.708. The van der Waals surface area contributed by atoms with Crippen LogP contribution in [-0.4, -0.2) is 45.0 Å². The monoisotopic (exact) mass is 460 g/mol. The third-order valence-corrected chi connectivity index (χ3v) is 7.72. The minimum absolute atomic E-state index is 0.152. The molecular weight excluding hydrogens is 424 g/mol. The molecule has 2 aromatic heterocycles. The molecule has 0 saturated heterocycles. The molecule has 2 aliphatic rings. The van der Waals surface area contributed by atoms with Gasteiger partial charge in [-0.3, -0.25) is 0 Å². The van der Waals surface area contributed by atoms with Crippen LogP contribution in [0.5, 0.6) is 0 Å². The van der Waals surface area contributed by atoms with Crippen molar-refractivity contribution in [3.8, 4) is 0 Å². The van der Waals surface area contributed by atoms with Crippen LogP contribution in [0.1, 0.15) is 89.0 Å². The fourth-order valence-electron chi connectivity index (χ4n) is 4.96. The maximum absolute atomic E-state index is 12.1. The number of aliphatic hydroxyl groups is 1. The van der Waals surface area contributed by atoms with Crippen LogP contribution in [0.15, 0.2) is 6.33 Å². The predicted octanol–water partition coefficient (Wildman–Crippen LogP) is 5.13. The third kappa shape index (κ3) is 5.34. The van der Waals surface area contributed by atoms with Crippen LogP contribution in [-0.2, 0) is 11.2 Å².